The summed E-state index contributed by atoms with van der Waals surface area (Å²) in [6, 6.07) is 14.0. The highest BCUT2D eigenvalue weighted by Gasteiger charge is 2.22. The minimum atomic E-state index is 0.211. The van der Waals surface area contributed by atoms with Crippen LogP contribution in [0.25, 0.3) is 0 Å². The van der Waals surface area contributed by atoms with Crippen LogP contribution in [0, 0.1) is 0 Å². The van der Waals surface area contributed by atoms with E-state index in [4.69, 9.17) is 0 Å². The lowest BCUT2D eigenvalue weighted by atomic mass is 9.85. The first-order valence-corrected chi connectivity index (χ1v) is 8.91. The molecule has 2 aromatic rings. The molecular formula is C21H26S. The van der Waals surface area contributed by atoms with Gasteiger partial charge in [0.05, 0.1) is 0 Å². The minimum absolute atomic E-state index is 0.211. The monoisotopic (exact) mass is 310 g/mol. The highest BCUT2D eigenvalue weighted by molar-refractivity contribution is 7.99. The van der Waals surface area contributed by atoms with Gasteiger partial charge in [0.25, 0.3) is 0 Å². The molecule has 1 heterocycles. The third-order valence-corrected chi connectivity index (χ3v) is 5.67. The standard InChI is InChI=1S/C21H26S/c1-20(2,3)16-9-7-14-11-15-8-10-17(21(4,5)6)13-19(15)22-18(14)12-16/h7-10,12-13H,11H2,1-6H3. The lowest BCUT2D eigenvalue weighted by Gasteiger charge is -2.26. The molecule has 0 amide bonds. The van der Waals surface area contributed by atoms with E-state index in [0.717, 1.165) is 6.42 Å². The molecule has 3 rings (SSSR count). The molecule has 0 N–H and O–H groups in total. The summed E-state index contributed by atoms with van der Waals surface area (Å²) in [5, 5.41) is 0. The van der Waals surface area contributed by atoms with Crippen molar-refractivity contribution in [1.29, 1.82) is 0 Å². The van der Waals surface area contributed by atoms with Crippen LogP contribution in [0.4, 0.5) is 0 Å². The fourth-order valence-electron chi connectivity index (χ4n) is 2.85. The summed E-state index contributed by atoms with van der Waals surface area (Å²) in [7, 11) is 0. The predicted molar refractivity (Wildman–Crippen MR) is 97.2 cm³/mol. The van der Waals surface area contributed by atoms with Crippen molar-refractivity contribution in [2.75, 3.05) is 0 Å². The summed E-state index contributed by atoms with van der Waals surface area (Å²) in [6.45, 7) is 13.7. The van der Waals surface area contributed by atoms with Gasteiger partial charge in [-0.1, -0.05) is 77.6 Å². The van der Waals surface area contributed by atoms with Gasteiger partial charge in [-0.05, 0) is 51.6 Å². The fraction of sp³-hybridized carbons (Fsp3) is 0.429. The van der Waals surface area contributed by atoms with Gasteiger partial charge < -0.3 is 0 Å². The third-order valence-electron chi connectivity index (χ3n) is 4.47. The molecule has 0 fully saturated rings. The average Bonchev–Trinajstić information content (AvgIpc) is 2.41. The van der Waals surface area contributed by atoms with Gasteiger partial charge in [-0.3, -0.25) is 0 Å². The molecule has 0 unspecified atom stereocenters. The van der Waals surface area contributed by atoms with Crippen LogP contribution in [-0.2, 0) is 17.3 Å². The van der Waals surface area contributed by atoms with Crippen LogP contribution in [0.15, 0.2) is 46.2 Å². The Morgan fingerprint density at radius 1 is 0.682 bits per heavy atom. The summed E-state index contributed by atoms with van der Waals surface area (Å²) >= 11 is 1.94. The number of hydrogen-bond donors (Lipinski definition) is 0. The van der Waals surface area contributed by atoms with E-state index in [-0.39, 0.29) is 10.8 Å². The van der Waals surface area contributed by atoms with Gasteiger partial charge >= 0.3 is 0 Å². The largest absolute Gasteiger partial charge is 0.0895 e. The first-order chi connectivity index (χ1) is 10.1. The SMILES string of the molecule is CC(C)(C)c1ccc2c(c1)Sc1cc(C(C)(C)C)ccc1C2. The molecule has 2 aromatic carbocycles. The predicted octanol–water partition coefficient (Wildman–Crippen LogP) is 6.34. The minimum Gasteiger partial charge on any atom is -0.0895 e. The smallest absolute Gasteiger partial charge is 0.0160 e. The van der Waals surface area contributed by atoms with E-state index >= 15 is 0 Å². The highest BCUT2D eigenvalue weighted by Crippen LogP contribution is 2.42. The van der Waals surface area contributed by atoms with Crippen molar-refractivity contribution in [2.24, 2.45) is 0 Å². The van der Waals surface area contributed by atoms with Crippen molar-refractivity contribution in [1.82, 2.24) is 0 Å². The Morgan fingerprint density at radius 2 is 1.09 bits per heavy atom. The Labute approximate surface area is 139 Å². The molecular weight excluding hydrogens is 284 g/mol. The van der Waals surface area contributed by atoms with Crippen molar-refractivity contribution < 1.29 is 0 Å². The van der Waals surface area contributed by atoms with Gasteiger partial charge in [0.1, 0.15) is 0 Å². The zero-order valence-electron chi connectivity index (χ0n) is 14.6. The maximum atomic E-state index is 2.40. The Morgan fingerprint density at radius 3 is 1.45 bits per heavy atom. The lowest BCUT2D eigenvalue weighted by Crippen LogP contribution is -2.13. The van der Waals surface area contributed by atoms with Crippen LogP contribution < -0.4 is 0 Å². The average molecular weight is 311 g/mol. The molecule has 0 spiro atoms. The maximum absolute atomic E-state index is 2.40. The van der Waals surface area contributed by atoms with E-state index < -0.39 is 0 Å². The second kappa shape index (κ2) is 5.16. The maximum Gasteiger partial charge on any atom is 0.0160 e. The molecule has 0 saturated carbocycles. The zero-order valence-corrected chi connectivity index (χ0v) is 15.4. The molecule has 0 radical (unpaired) electrons. The summed E-state index contributed by atoms with van der Waals surface area (Å²) < 4.78 is 0. The van der Waals surface area contributed by atoms with E-state index in [0.29, 0.717) is 0 Å². The quantitative estimate of drug-likeness (QED) is 0.467. The van der Waals surface area contributed by atoms with Gasteiger partial charge in [0.2, 0.25) is 0 Å². The molecule has 1 aliphatic rings. The molecule has 0 nitrogen and oxygen atoms in total. The molecule has 0 aliphatic carbocycles. The van der Waals surface area contributed by atoms with Crippen LogP contribution in [0.2, 0.25) is 0 Å². The second-order valence-electron chi connectivity index (χ2n) is 8.42. The van der Waals surface area contributed by atoms with E-state index in [1.807, 2.05) is 11.8 Å². The Hall–Kier alpha value is -1.21. The van der Waals surface area contributed by atoms with Crippen molar-refractivity contribution in [3.63, 3.8) is 0 Å². The zero-order chi connectivity index (χ0) is 16.1. The molecule has 0 saturated heterocycles. The number of fused-ring (bicyclic) bond motifs is 2. The van der Waals surface area contributed by atoms with Crippen LogP contribution in [0.1, 0.15) is 63.8 Å². The summed E-state index contributed by atoms with van der Waals surface area (Å²) in [5.74, 6) is 0. The van der Waals surface area contributed by atoms with Crippen molar-refractivity contribution in [3.8, 4) is 0 Å². The van der Waals surface area contributed by atoms with Gasteiger partial charge in [0.15, 0.2) is 0 Å². The Balaban J connectivity index is 2.00. The van der Waals surface area contributed by atoms with Crippen LogP contribution in [0.3, 0.4) is 0 Å². The van der Waals surface area contributed by atoms with Crippen LogP contribution in [-0.4, -0.2) is 0 Å². The number of benzene rings is 2. The van der Waals surface area contributed by atoms with E-state index in [1.165, 1.54) is 32.0 Å². The fourth-order valence-corrected chi connectivity index (χ4v) is 4.00. The van der Waals surface area contributed by atoms with E-state index in [1.54, 1.807) is 0 Å². The van der Waals surface area contributed by atoms with Crippen molar-refractivity contribution in [2.45, 2.75) is 68.6 Å². The molecule has 0 atom stereocenters. The molecule has 1 aliphatic heterocycles. The summed E-state index contributed by atoms with van der Waals surface area (Å²) in [4.78, 5) is 2.87. The van der Waals surface area contributed by atoms with Gasteiger partial charge in [-0.15, -0.1) is 0 Å². The molecule has 116 valence electrons. The van der Waals surface area contributed by atoms with E-state index in [9.17, 15) is 0 Å². The van der Waals surface area contributed by atoms with Crippen molar-refractivity contribution in [3.05, 3.63) is 58.7 Å². The highest BCUT2D eigenvalue weighted by atomic mass is 32.2. The summed E-state index contributed by atoms with van der Waals surface area (Å²) in [6.07, 6.45) is 1.06. The Bertz CT molecular complexity index is 650. The first-order valence-electron chi connectivity index (χ1n) is 8.09. The number of hydrogen-bond acceptors (Lipinski definition) is 1. The molecule has 1 heteroatoms. The van der Waals surface area contributed by atoms with Gasteiger partial charge in [-0.2, -0.15) is 0 Å². The first kappa shape index (κ1) is 15.7. The normalized spacial score (nSPS) is 14.5. The van der Waals surface area contributed by atoms with Crippen LogP contribution >= 0.6 is 11.8 Å². The van der Waals surface area contributed by atoms with Gasteiger partial charge in [-0.25, -0.2) is 0 Å². The molecule has 0 aromatic heterocycles. The lowest BCUT2D eigenvalue weighted by molar-refractivity contribution is 0.587. The molecule has 22 heavy (non-hydrogen) atoms. The van der Waals surface area contributed by atoms with E-state index in [2.05, 4.69) is 77.9 Å². The molecule has 0 bridgehead atoms. The number of rotatable bonds is 0. The second-order valence-corrected chi connectivity index (χ2v) is 9.51. The van der Waals surface area contributed by atoms with Gasteiger partial charge in [0, 0.05) is 9.79 Å². The third kappa shape index (κ3) is 2.96. The topological polar surface area (TPSA) is 0 Å². The van der Waals surface area contributed by atoms with Crippen LogP contribution in [0.5, 0.6) is 0 Å². The Kier molecular flexibility index (Phi) is 3.68. The summed E-state index contributed by atoms with van der Waals surface area (Å²) in [5.41, 5.74) is 6.21. The van der Waals surface area contributed by atoms with Crippen molar-refractivity contribution >= 4 is 11.8 Å².